The molecule has 1 atom stereocenters. The topological polar surface area (TPSA) is 37.3 Å². The number of aliphatic hydroxyl groups excluding tert-OH is 1. The number of carbonyl (C=O) groups is 1. The number of aliphatic hydroxyl groups is 1. The molecule has 23 heavy (non-hydrogen) atoms. The van der Waals surface area contributed by atoms with Gasteiger partial charge in [0.2, 0.25) is 0 Å². The fourth-order valence-corrected chi connectivity index (χ4v) is 2.08. The molecule has 0 saturated carbocycles. The minimum atomic E-state index is -1.08. The van der Waals surface area contributed by atoms with Crippen LogP contribution in [0.15, 0.2) is 91.0 Å². The average molecular weight is 304 g/mol. The van der Waals surface area contributed by atoms with E-state index in [4.69, 9.17) is 0 Å². The summed E-state index contributed by atoms with van der Waals surface area (Å²) < 4.78 is 0. The first-order valence-electron chi connectivity index (χ1n) is 7.52. The van der Waals surface area contributed by atoms with Crippen molar-refractivity contribution in [1.82, 2.24) is 0 Å². The first kappa shape index (κ1) is 16.7. The quantitative estimate of drug-likeness (QED) is 0.718. The van der Waals surface area contributed by atoms with Crippen LogP contribution >= 0.6 is 0 Å². The van der Waals surface area contributed by atoms with Gasteiger partial charge >= 0.3 is 0 Å². The van der Waals surface area contributed by atoms with Crippen molar-refractivity contribution in [3.8, 4) is 0 Å². The molecule has 1 N–H and O–H groups in total. The van der Waals surface area contributed by atoms with Gasteiger partial charge in [0, 0.05) is 5.56 Å². The van der Waals surface area contributed by atoms with Crippen LogP contribution in [0.1, 0.15) is 27.6 Å². The SMILES string of the molecule is Cc1ccccc1.O=C(c1ccccc1)C(O)c1ccccc1. The van der Waals surface area contributed by atoms with Crippen LogP contribution in [-0.4, -0.2) is 10.9 Å². The van der Waals surface area contributed by atoms with E-state index in [1.807, 2.05) is 30.3 Å². The maximum Gasteiger partial charge on any atom is 0.195 e. The van der Waals surface area contributed by atoms with E-state index in [9.17, 15) is 9.90 Å². The molecule has 0 aliphatic rings. The molecule has 0 aliphatic carbocycles. The molecule has 0 amide bonds. The van der Waals surface area contributed by atoms with Crippen molar-refractivity contribution in [3.63, 3.8) is 0 Å². The molecule has 116 valence electrons. The van der Waals surface area contributed by atoms with Crippen molar-refractivity contribution in [2.75, 3.05) is 0 Å². The molecule has 3 rings (SSSR count). The number of carbonyl (C=O) groups excluding carboxylic acids is 1. The Morgan fingerprint density at radius 2 is 1.17 bits per heavy atom. The molecule has 0 saturated heterocycles. The van der Waals surface area contributed by atoms with Crippen molar-refractivity contribution >= 4 is 5.78 Å². The second-order valence-electron chi connectivity index (χ2n) is 5.20. The summed E-state index contributed by atoms with van der Waals surface area (Å²) in [6.45, 7) is 2.08. The van der Waals surface area contributed by atoms with Crippen LogP contribution in [0.5, 0.6) is 0 Å². The predicted molar refractivity (Wildman–Crippen MR) is 93.4 cm³/mol. The lowest BCUT2D eigenvalue weighted by Crippen LogP contribution is -2.11. The van der Waals surface area contributed by atoms with Crippen LogP contribution in [0.3, 0.4) is 0 Å². The zero-order valence-electron chi connectivity index (χ0n) is 13.1. The van der Waals surface area contributed by atoms with Crippen molar-refractivity contribution in [2.45, 2.75) is 13.0 Å². The Kier molecular flexibility index (Phi) is 6.28. The lowest BCUT2D eigenvalue weighted by atomic mass is 10.0. The Hall–Kier alpha value is -2.71. The van der Waals surface area contributed by atoms with Gasteiger partial charge in [0.15, 0.2) is 5.78 Å². The lowest BCUT2D eigenvalue weighted by molar-refractivity contribution is 0.0747. The van der Waals surface area contributed by atoms with Gasteiger partial charge < -0.3 is 5.11 Å². The molecule has 0 bridgehead atoms. The summed E-state index contributed by atoms with van der Waals surface area (Å²) >= 11 is 0. The molecule has 0 aromatic heterocycles. The van der Waals surface area contributed by atoms with Gasteiger partial charge in [0.25, 0.3) is 0 Å². The van der Waals surface area contributed by atoms with Gasteiger partial charge in [-0.2, -0.15) is 0 Å². The monoisotopic (exact) mass is 304 g/mol. The van der Waals surface area contributed by atoms with Gasteiger partial charge in [-0.1, -0.05) is 96.6 Å². The number of Topliss-reactive ketones (excluding diaryl/α,β-unsaturated/α-hetero) is 1. The van der Waals surface area contributed by atoms with Crippen LogP contribution in [0, 0.1) is 6.92 Å². The number of ketones is 1. The predicted octanol–water partition coefficient (Wildman–Crippen LogP) is 4.60. The molecule has 2 nitrogen and oxygen atoms in total. The zero-order valence-corrected chi connectivity index (χ0v) is 13.1. The molecule has 0 fully saturated rings. The fourth-order valence-electron chi connectivity index (χ4n) is 2.08. The van der Waals surface area contributed by atoms with E-state index in [0.717, 1.165) is 0 Å². The van der Waals surface area contributed by atoms with Crippen molar-refractivity contribution in [3.05, 3.63) is 108 Å². The van der Waals surface area contributed by atoms with Crippen molar-refractivity contribution < 1.29 is 9.90 Å². The molecule has 1 unspecified atom stereocenters. The summed E-state index contributed by atoms with van der Waals surface area (Å²) in [5.41, 5.74) is 2.47. The number of hydrogen-bond donors (Lipinski definition) is 1. The van der Waals surface area contributed by atoms with Gasteiger partial charge in [0.1, 0.15) is 6.10 Å². The van der Waals surface area contributed by atoms with E-state index < -0.39 is 6.10 Å². The Bertz CT molecular complexity index is 707. The summed E-state index contributed by atoms with van der Waals surface area (Å²) in [4.78, 5) is 11.9. The highest BCUT2D eigenvalue weighted by molar-refractivity contribution is 5.99. The first-order chi connectivity index (χ1) is 11.2. The Morgan fingerprint density at radius 3 is 1.61 bits per heavy atom. The Labute approximate surface area is 137 Å². The number of rotatable bonds is 3. The summed E-state index contributed by atoms with van der Waals surface area (Å²) in [5.74, 6) is -0.271. The van der Waals surface area contributed by atoms with Gasteiger partial charge in [0.05, 0.1) is 0 Å². The van der Waals surface area contributed by atoms with Gasteiger partial charge in [-0.3, -0.25) is 4.79 Å². The second-order valence-corrected chi connectivity index (χ2v) is 5.20. The number of aryl methyl sites for hydroxylation is 1. The highest BCUT2D eigenvalue weighted by Gasteiger charge is 2.18. The van der Waals surface area contributed by atoms with Gasteiger partial charge in [-0.15, -0.1) is 0 Å². The molecule has 2 heteroatoms. The van der Waals surface area contributed by atoms with Crippen LogP contribution < -0.4 is 0 Å². The highest BCUT2D eigenvalue weighted by atomic mass is 16.3. The molecule has 0 radical (unpaired) electrons. The molecule has 3 aromatic rings. The standard InChI is InChI=1S/C14H12O2.C7H8/c15-13(11-7-3-1-4-8-11)14(16)12-9-5-2-6-10-12;1-7-5-3-2-4-6-7/h1-10,13,15H;2-6H,1H3. The third-order valence-electron chi connectivity index (χ3n) is 3.36. The maximum absolute atomic E-state index is 11.9. The first-order valence-corrected chi connectivity index (χ1v) is 7.52. The Morgan fingerprint density at radius 1 is 0.739 bits per heavy atom. The summed E-state index contributed by atoms with van der Waals surface area (Å²) in [6, 6.07) is 28.0. The Balaban J connectivity index is 0.000000229. The molecule has 0 aliphatic heterocycles. The lowest BCUT2D eigenvalue weighted by Gasteiger charge is -2.09. The second kappa shape index (κ2) is 8.66. The molecular weight excluding hydrogens is 284 g/mol. The molecule has 3 aromatic carbocycles. The van der Waals surface area contributed by atoms with E-state index in [1.165, 1.54) is 5.56 Å². The van der Waals surface area contributed by atoms with Crippen molar-refractivity contribution in [2.24, 2.45) is 0 Å². The van der Waals surface area contributed by atoms with E-state index in [1.54, 1.807) is 48.5 Å². The highest BCUT2D eigenvalue weighted by Crippen LogP contribution is 2.17. The molecule has 0 heterocycles. The van der Waals surface area contributed by atoms with Gasteiger partial charge in [-0.25, -0.2) is 0 Å². The van der Waals surface area contributed by atoms with Crippen molar-refractivity contribution in [1.29, 1.82) is 0 Å². The number of hydrogen-bond acceptors (Lipinski definition) is 2. The summed E-state index contributed by atoms with van der Waals surface area (Å²) in [6.07, 6.45) is -1.08. The van der Waals surface area contributed by atoms with Crippen LogP contribution in [0.2, 0.25) is 0 Å². The molecule has 0 spiro atoms. The van der Waals surface area contributed by atoms with E-state index >= 15 is 0 Å². The van der Waals surface area contributed by atoms with E-state index in [2.05, 4.69) is 19.1 Å². The molecular formula is C21H20O2. The number of benzene rings is 3. The minimum Gasteiger partial charge on any atom is -0.380 e. The summed E-state index contributed by atoms with van der Waals surface area (Å²) in [5, 5.41) is 9.89. The average Bonchev–Trinajstić information content (AvgIpc) is 2.63. The van der Waals surface area contributed by atoms with Crippen LogP contribution in [-0.2, 0) is 0 Å². The fraction of sp³-hybridized carbons (Fsp3) is 0.0952. The van der Waals surface area contributed by atoms with Crippen LogP contribution in [0.4, 0.5) is 0 Å². The van der Waals surface area contributed by atoms with E-state index in [-0.39, 0.29) is 5.78 Å². The normalized spacial score (nSPS) is 11.0. The zero-order chi connectivity index (χ0) is 16.5. The summed E-state index contributed by atoms with van der Waals surface area (Å²) in [7, 11) is 0. The van der Waals surface area contributed by atoms with Gasteiger partial charge in [-0.05, 0) is 12.5 Å². The largest absolute Gasteiger partial charge is 0.380 e. The van der Waals surface area contributed by atoms with Crippen LogP contribution in [0.25, 0.3) is 0 Å². The van der Waals surface area contributed by atoms with E-state index in [0.29, 0.717) is 11.1 Å². The third kappa shape index (κ3) is 5.20. The maximum atomic E-state index is 11.9. The minimum absolute atomic E-state index is 0.271. The smallest absolute Gasteiger partial charge is 0.195 e. The third-order valence-corrected chi connectivity index (χ3v) is 3.36.